The predicted molar refractivity (Wildman–Crippen MR) is 102 cm³/mol. The molecule has 7 nitrogen and oxygen atoms in total. The quantitative estimate of drug-likeness (QED) is 0.835. The number of thiophene rings is 1. The van der Waals surface area contributed by atoms with Crippen molar-refractivity contribution in [3.63, 3.8) is 0 Å². The van der Waals surface area contributed by atoms with Crippen molar-refractivity contribution in [2.75, 3.05) is 39.0 Å². The summed E-state index contributed by atoms with van der Waals surface area (Å²) in [4.78, 5) is 29.4. The van der Waals surface area contributed by atoms with Crippen molar-refractivity contribution in [3.05, 3.63) is 34.7 Å². The summed E-state index contributed by atoms with van der Waals surface area (Å²) in [6.07, 6.45) is 3.31. The van der Waals surface area contributed by atoms with Crippen molar-refractivity contribution in [1.82, 2.24) is 19.6 Å². The molecule has 2 amide bonds. The van der Waals surface area contributed by atoms with Crippen molar-refractivity contribution in [2.24, 2.45) is 5.92 Å². The Kier molecular flexibility index (Phi) is 6.05. The summed E-state index contributed by atoms with van der Waals surface area (Å²) in [7, 11) is 3.59. The van der Waals surface area contributed by atoms with Crippen molar-refractivity contribution < 1.29 is 9.59 Å². The van der Waals surface area contributed by atoms with E-state index in [0.717, 1.165) is 25.9 Å². The summed E-state index contributed by atoms with van der Waals surface area (Å²) in [6.45, 7) is 2.53. The maximum atomic E-state index is 12.4. The van der Waals surface area contributed by atoms with Gasteiger partial charge in [0.1, 0.15) is 5.82 Å². The van der Waals surface area contributed by atoms with Crippen LogP contribution in [0.25, 0.3) is 0 Å². The number of nitrogens with one attached hydrogen (secondary N) is 1. The van der Waals surface area contributed by atoms with Gasteiger partial charge in [-0.25, -0.2) is 4.68 Å². The third kappa shape index (κ3) is 4.70. The molecule has 0 spiro atoms. The molecular weight excluding hydrogens is 350 g/mol. The minimum atomic E-state index is -0.0460. The first-order valence-corrected chi connectivity index (χ1v) is 9.68. The lowest BCUT2D eigenvalue weighted by Crippen LogP contribution is -2.43. The van der Waals surface area contributed by atoms with Gasteiger partial charge >= 0.3 is 0 Å². The monoisotopic (exact) mass is 375 g/mol. The molecule has 0 radical (unpaired) electrons. The Bertz CT molecular complexity index is 733. The summed E-state index contributed by atoms with van der Waals surface area (Å²) in [5.41, 5.74) is 0. The van der Waals surface area contributed by atoms with Crippen LogP contribution in [0, 0.1) is 5.92 Å². The van der Waals surface area contributed by atoms with Crippen LogP contribution in [0.5, 0.6) is 0 Å². The molecule has 0 saturated carbocycles. The van der Waals surface area contributed by atoms with Crippen molar-refractivity contribution in [2.45, 2.75) is 19.4 Å². The summed E-state index contributed by atoms with van der Waals surface area (Å²) in [6, 6.07) is 5.87. The lowest BCUT2D eigenvalue weighted by atomic mass is 9.95. The number of carbonyl (C=O) groups excluding carboxylic acids is 2. The lowest BCUT2D eigenvalue weighted by Gasteiger charge is -2.31. The highest BCUT2D eigenvalue weighted by atomic mass is 32.1. The number of rotatable bonds is 6. The van der Waals surface area contributed by atoms with Gasteiger partial charge in [0, 0.05) is 31.0 Å². The molecular formula is C18H25N5O2S. The molecule has 0 unspecified atom stereocenters. The van der Waals surface area contributed by atoms with Gasteiger partial charge in [-0.15, -0.1) is 11.3 Å². The Morgan fingerprint density at radius 3 is 2.73 bits per heavy atom. The van der Waals surface area contributed by atoms with E-state index >= 15 is 0 Å². The molecule has 1 fully saturated rings. The Morgan fingerprint density at radius 2 is 2.08 bits per heavy atom. The van der Waals surface area contributed by atoms with Crippen LogP contribution < -0.4 is 5.32 Å². The van der Waals surface area contributed by atoms with E-state index in [0.29, 0.717) is 18.9 Å². The number of carbonyl (C=O) groups is 2. The van der Waals surface area contributed by atoms with Crippen LogP contribution in [0.1, 0.15) is 17.7 Å². The second-order valence-corrected chi connectivity index (χ2v) is 7.82. The van der Waals surface area contributed by atoms with Crippen LogP contribution in [0.4, 0.5) is 5.82 Å². The fourth-order valence-electron chi connectivity index (χ4n) is 3.20. The maximum absolute atomic E-state index is 12.4. The molecule has 8 heteroatoms. The topological polar surface area (TPSA) is 70.5 Å². The minimum absolute atomic E-state index is 0.0460. The van der Waals surface area contributed by atoms with E-state index in [9.17, 15) is 9.59 Å². The van der Waals surface area contributed by atoms with Crippen LogP contribution >= 0.6 is 11.3 Å². The fraction of sp³-hybridized carbons (Fsp3) is 0.500. The van der Waals surface area contributed by atoms with Crippen LogP contribution in [-0.2, 0) is 16.1 Å². The summed E-state index contributed by atoms with van der Waals surface area (Å²) < 4.78 is 1.80. The van der Waals surface area contributed by atoms with Gasteiger partial charge in [0.15, 0.2) is 0 Å². The molecule has 1 N–H and O–H groups in total. The molecule has 0 aliphatic carbocycles. The first-order valence-electron chi connectivity index (χ1n) is 8.80. The summed E-state index contributed by atoms with van der Waals surface area (Å²) in [5.74, 6) is 0.930. The predicted octanol–water partition coefficient (Wildman–Crippen LogP) is 1.73. The van der Waals surface area contributed by atoms with Crippen molar-refractivity contribution >= 4 is 29.0 Å². The third-order valence-electron chi connectivity index (χ3n) is 4.61. The minimum Gasteiger partial charge on any atom is -0.349 e. The lowest BCUT2D eigenvalue weighted by molar-refractivity contribution is -0.134. The van der Waals surface area contributed by atoms with E-state index in [4.69, 9.17) is 0 Å². The van der Waals surface area contributed by atoms with Gasteiger partial charge in [-0.3, -0.25) is 14.5 Å². The SMILES string of the molecule is CN(C)C(=O)C1CCN(CC(=O)Nc2ccnn2Cc2cccs2)CC1. The first-order chi connectivity index (χ1) is 12.5. The summed E-state index contributed by atoms with van der Waals surface area (Å²) >= 11 is 1.67. The highest BCUT2D eigenvalue weighted by molar-refractivity contribution is 7.09. The van der Waals surface area contributed by atoms with Crippen LogP contribution in [0.2, 0.25) is 0 Å². The van der Waals surface area contributed by atoms with Gasteiger partial charge in [0.25, 0.3) is 0 Å². The fourth-order valence-corrected chi connectivity index (χ4v) is 3.89. The number of nitrogens with zero attached hydrogens (tertiary/aromatic N) is 4. The zero-order valence-corrected chi connectivity index (χ0v) is 16.0. The molecule has 3 heterocycles. The zero-order valence-electron chi connectivity index (χ0n) is 15.2. The molecule has 2 aromatic heterocycles. The molecule has 3 rings (SSSR count). The van der Waals surface area contributed by atoms with Crippen LogP contribution in [0.3, 0.4) is 0 Å². The van der Waals surface area contributed by atoms with Gasteiger partial charge < -0.3 is 10.2 Å². The van der Waals surface area contributed by atoms with E-state index in [2.05, 4.69) is 21.4 Å². The maximum Gasteiger partial charge on any atom is 0.239 e. The molecule has 140 valence electrons. The largest absolute Gasteiger partial charge is 0.349 e. The molecule has 26 heavy (non-hydrogen) atoms. The van der Waals surface area contributed by atoms with E-state index in [-0.39, 0.29) is 17.7 Å². The van der Waals surface area contributed by atoms with Gasteiger partial charge in [0.2, 0.25) is 11.8 Å². The number of piperidine rings is 1. The number of hydrogen-bond acceptors (Lipinski definition) is 5. The van der Waals surface area contributed by atoms with E-state index in [1.807, 2.05) is 17.5 Å². The molecule has 1 aliphatic heterocycles. The Morgan fingerprint density at radius 1 is 1.31 bits per heavy atom. The number of anilines is 1. The average Bonchev–Trinajstić information content (AvgIpc) is 3.28. The highest BCUT2D eigenvalue weighted by Crippen LogP contribution is 2.19. The zero-order chi connectivity index (χ0) is 18.5. The molecule has 1 aliphatic rings. The van der Waals surface area contributed by atoms with Gasteiger partial charge in [-0.1, -0.05) is 6.07 Å². The second-order valence-electron chi connectivity index (χ2n) is 6.78. The number of aromatic nitrogens is 2. The van der Waals surface area contributed by atoms with Crippen LogP contribution in [0.15, 0.2) is 29.8 Å². The average molecular weight is 375 g/mol. The van der Waals surface area contributed by atoms with Gasteiger partial charge in [-0.05, 0) is 37.4 Å². The molecule has 0 aromatic carbocycles. The van der Waals surface area contributed by atoms with E-state index < -0.39 is 0 Å². The Balaban J connectivity index is 1.48. The van der Waals surface area contributed by atoms with Crippen molar-refractivity contribution in [3.8, 4) is 0 Å². The van der Waals surface area contributed by atoms with Crippen LogP contribution in [-0.4, -0.2) is 65.1 Å². The van der Waals surface area contributed by atoms with E-state index in [1.54, 1.807) is 41.2 Å². The number of hydrogen-bond donors (Lipinski definition) is 1. The number of likely N-dealkylation sites (tertiary alicyclic amines) is 1. The molecule has 1 saturated heterocycles. The highest BCUT2D eigenvalue weighted by Gasteiger charge is 2.26. The Labute approximate surface area is 157 Å². The summed E-state index contributed by atoms with van der Waals surface area (Å²) in [5, 5.41) is 9.27. The molecule has 0 bridgehead atoms. The molecule has 0 atom stereocenters. The normalized spacial score (nSPS) is 15.8. The third-order valence-corrected chi connectivity index (χ3v) is 5.48. The first kappa shape index (κ1) is 18.6. The second kappa shape index (κ2) is 8.46. The smallest absolute Gasteiger partial charge is 0.239 e. The van der Waals surface area contributed by atoms with E-state index in [1.165, 1.54) is 4.88 Å². The Hall–Kier alpha value is -2.19. The standard InChI is InChI=1S/C18H25N5O2S/c1-21(2)18(25)14-6-9-22(10-7-14)13-17(24)20-16-5-8-19-23(16)12-15-4-3-11-26-15/h3-5,8,11,14H,6-7,9-10,12-13H2,1-2H3,(H,20,24). The molecule has 2 aromatic rings. The van der Waals surface area contributed by atoms with Crippen molar-refractivity contribution in [1.29, 1.82) is 0 Å². The van der Waals surface area contributed by atoms with Gasteiger partial charge in [0.05, 0.1) is 19.3 Å². The number of amides is 2. The van der Waals surface area contributed by atoms with Gasteiger partial charge in [-0.2, -0.15) is 5.10 Å².